The Bertz CT molecular complexity index is 3660. The lowest BCUT2D eigenvalue weighted by Crippen LogP contribution is -2.43. The van der Waals surface area contributed by atoms with Crippen LogP contribution in [0.2, 0.25) is 0 Å². The van der Waals surface area contributed by atoms with Gasteiger partial charge in [-0.05, 0) is 146 Å². The molecule has 4 amide bonds. The molecule has 0 aliphatic carbocycles. The number of nitrogen functional groups attached to an aromatic ring is 2. The topological polar surface area (TPSA) is 226 Å². The SMILES string of the molecule is CC(C)(C)OC(=O)N(Cc1cc(F)c(F)cc1-c1ccc2nc(N)nc(C(=O)N3Cc4ccccc4C3)c2c1)C(=O)OC(C)(C)C.NCc1cc(F)c(F)cc1-c1ccc2nc(N)nc(C(=O)N3Cc4ccccc4C3)c2c1. The van der Waals surface area contributed by atoms with Crippen molar-refractivity contribution in [3.8, 4) is 22.3 Å². The molecule has 0 fully saturated rings. The molecule has 2 aromatic heterocycles. The second-order valence-electron chi connectivity index (χ2n) is 20.8. The van der Waals surface area contributed by atoms with Gasteiger partial charge in [0, 0.05) is 43.5 Å². The highest BCUT2D eigenvalue weighted by Gasteiger charge is 2.34. The number of imide groups is 1. The third-order valence-corrected chi connectivity index (χ3v) is 12.8. The van der Waals surface area contributed by atoms with Crippen LogP contribution >= 0.6 is 0 Å². The number of halogens is 4. The van der Waals surface area contributed by atoms with Gasteiger partial charge in [0.05, 0.1) is 17.6 Å². The average molecular weight is 1060 g/mol. The molecule has 78 heavy (non-hydrogen) atoms. The van der Waals surface area contributed by atoms with Crippen LogP contribution in [0.15, 0.2) is 109 Å². The predicted molar refractivity (Wildman–Crippen MR) is 285 cm³/mol. The highest BCUT2D eigenvalue weighted by molar-refractivity contribution is 6.07. The molecule has 0 saturated carbocycles. The molecule has 16 nitrogen and oxygen atoms in total. The van der Waals surface area contributed by atoms with E-state index in [4.69, 9.17) is 26.7 Å². The van der Waals surface area contributed by atoms with Crippen LogP contribution in [-0.4, -0.2) is 69.8 Å². The molecule has 0 radical (unpaired) electrons. The van der Waals surface area contributed by atoms with Gasteiger partial charge in [-0.15, -0.1) is 0 Å². The average Bonchev–Trinajstić information content (AvgIpc) is 4.10. The quantitative estimate of drug-likeness (QED) is 0.126. The van der Waals surface area contributed by atoms with E-state index in [0.717, 1.165) is 46.5 Å². The zero-order valence-corrected chi connectivity index (χ0v) is 43.5. The largest absolute Gasteiger partial charge is 0.443 e. The van der Waals surface area contributed by atoms with Crippen molar-refractivity contribution in [1.82, 2.24) is 34.6 Å². The minimum Gasteiger partial charge on any atom is -0.443 e. The third-order valence-electron chi connectivity index (χ3n) is 12.8. The van der Waals surface area contributed by atoms with Crippen molar-refractivity contribution in [2.24, 2.45) is 5.73 Å². The van der Waals surface area contributed by atoms with Crippen molar-refractivity contribution in [1.29, 1.82) is 0 Å². The van der Waals surface area contributed by atoms with E-state index in [1.807, 2.05) is 48.5 Å². The van der Waals surface area contributed by atoms with E-state index in [2.05, 4.69) is 19.9 Å². The Morgan fingerprint density at radius 2 is 0.885 bits per heavy atom. The number of carbonyl (C=O) groups excluding carboxylic acids is 4. The van der Waals surface area contributed by atoms with Crippen molar-refractivity contribution in [3.63, 3.8) is 0 Å². The summed E-state index contributed by atoms with van der Waals surface area (Å²) in [5.74, 6) is -5.04. The van der Waals surface area contributed by atoms with Gasteiger partial charge in [0.2, 0.25) is 11.9 Å². The Morgan fingerprint density at radius 1 is 0.526 bits per heavy atom. The Labute approximate surface area is 445 Å². The molecule has 0 saturated heterocycles. The van der Waals surface area contributed by atoms with E-state index in [9.17, 15) is 36.7 Å². The minimum absolute atomic E-state index is 0.0132. The normalized spacial score (nSPS) is 13.0. The number of hydrogen-bond donors (Lipinski definition) is 3. The lowest BCUT2D eigenvalue weighted by molar-refractivity contribution is -0.000296. The summed E-state index contributed by atoms with van der Waals surface area (Å²) in [6.07, 6.45) is -2.06. The van der Waals surface area contributed by atoms with Gasteiger partial charge in [0.25, 0.3) is 11.8 Å². The number of hydrogen-bond acceptors (Lipinski definition) is 13. The maximum absolute atomic E-state index is 14.8. The van der Waals surface area contributed by atoms with Crippen LogP contribution in [0.3, 0.4) is 0 Å². The summed E-state index contributed by atoms with van der Waals surface area (Å²) < 4.78 is 68.0. The van der Waals surface area contributed by atoms with Gasteiger partial charge in [-0.25, -0.2) is 52.0 Å². The fourth-order valence-corrected chi connectivity index (χ4v) is 9.23. The molecule has 2 aliphatic heterocycles. The van der Waals surface area contributed by atoms with Crippen molar-refractivity contribution < 1.29 is 46.2 Å². The summed E-state index contributed by atoms with van der Waals surface area (Å²) in [6, 6.07) is 29.5. The monoisotopic (exact) mass is 1060 g/mol. The number of nitrogens with two attached hydrogens (primary N) is 3. The van der Waals surface area contributed by atoms with Gasteiger partial charge in [-0.2, -0.15) is 0 Å². The van der Waals surface area contributed by atoms with Crippen molar-refractivity contribution in [3.05, 3.63) is 177 Å². The van der Waals surface area contributed by atoms with E-state index >= 15 is 0 Å². The van der Waals surface area contributed by atoms with Gasteiger partial charge in [0.1, 0.15) is 22.6 Å². The molecule has 400 valence electrons. The highest BCUT2D eigenvalue weighted by Crippen LogP contribution is 2.35. The van der Waals surface area contributed by atoms with E-state index in [1.54, 1.807) is 87.7 Å². The van der Waals surface area contributed by atoms with Gasteiger partial charge < -0.3 is 36.5 Å². The fourth-order valence-electron chi connectivity index (χ4n) is 9.23. The minimum atomic E-state index is -1.19. The second kappa shape index (κ2) is 21.2. The standard InChI is InChI=1S/C34H35F2N5O5.C24H19F2N5O/c1-33(2,3)45-31(43)41(32(44)46-34(4,5)6)18-22-14-25(35)26(36)15-23(22)19-11-12-27-24(13-19)28(39-30(37)38-27)29(42)40-16-20-9-7-8-10-21(20)17-40;25-19-8-16(10-27)17(9-20(19)26)13-5-6-21-18(7-13)22(30-24(28)29-21)23(32)31-11-14-3-1-2-4-15(14)12-31/h7-15H,16-18H2,1-6H3,(H2,37,38,39);1-9H,10-12,27H2,(H2,28,29,30). The first kappa shape index (κ1) is 53.8. The van der Waals surface area contributed by atoms with Crippen molar-refractivity contribution in [2.45, 2.75) is 92.0 Å². The van der Waals surface area contributed by atoms with Crippen molar-refractivity contribution >= 4 is 57.7 Å². The summed E-state index contributed by atoms with van der Waals surface area (Å²) >= 11 is 0. The van der Waals surface area contributed by atoms with E-state index < -0.39 is 53.2 Å². The highest BCUT2D eigenvalue weighted by atomic mass is 19.2. The first-order chi connectivity index (χ1) is 36.9. The van der Waals surface area contributed by atoms with Gasteiger partial charge >= 0.3 is 12.2 Å². The molecule has 2 aliphatic rings. The van der Waals surface area contributed by atoms with Gasteiger partial charge in [-0.1, -0.05) is 60.7 Å². The Morgan fingerprint density at radius 3 is 1.26 bits per heavy atom. The number of fused-ring (bicyclic) bond motifs is 4. The first-order valence-electron chi connectivity index (χ1n) is 24.7. The molecule has 6 aromatic carbocycles. The lowest BCUT2D eigenvalue weighted by Gasteiger charge is -2.29. The van der Waals surface area contributed by atoms with Crippen LogP contribution in [0.1, 0.15) is 95.9 Å². The van der Waals surface area contributed by atoms with E-state index in [-0.39, 0.29) is 52.8 Å². The molecular formula is C58H54F4N10O6. The number of carbonyl (C=O) groups is 4. The summed E-state index contributed by atoms with van der Waals surface area (Å²) in [5, 5.41) is 0.810. The third kappa shape index (κ3) is 11.5. The Balaban J connectivity index is 0.000000202. The lowest BCUT2D eigenvalue weighted by atomic mass is 9.96. The first-order valence-corrected chi connectivity index (χ1v) is 24.7. The summed E-state index contributed by atoms with van der Waals surface area (Å²) in [5.41, 5.74) is 23.0. The van der Waals surface area contributed by atoms with Crippen LogP contribution in [0.5, 0.6) is 0 Å². The Kier molecular flexibility index (Phi) is 14.6. The van der Waals surface area contributed by atoms with Crippen LogP contribution in [0.4, 0.5) is 39.0 Å². The summed E-state index contributed by atoms with van der Waals surface area (Å²) in [6.45, 7) is 11.0. The maximum Gasteiger partial charge on any atom is 0.420 e. The van der Waals surface area contributed by atoms with Crippen molar-refractivity contribution in [2.75, 3.05) is 11.5 Å². The van der Waals surface area contributed by atoms with E-state index in [1.165, 1.54) is 0 Å². The zero-order valence-electron chi connectivity index (χ0n) is 43.5. The number of aromatic nitrogens is 4. The molecule has 20 heteroatoms. The molecule has 0 atom stereocenters. The predicted octanol–water partition coefficient (Wildman–Crippen LogP) is 10.8. The maximum atomic E-state index is 14.8. The van der Waals surface area contributed by atoms with Crippen LogP contribution < -0.4 is 17.2 Å². The van der Waals surface area contributed by atoms with Crippen LogP contribution in [0.25, 0.3) is 44.1 Å². The molecular weight excluding hydrogens is 1010 g/mol. The molecule has 0 bridgehead atoms. The molecule has 6 N–H and O–H groups in total. The zero-order chi connectivity index (χ0) is 56.0. The molecule has 10 rings (SSSR count). The van der Waals surface area contributed by atoms with Gasteiger partial charge in [-0.3, -0.25) is 9.59 Å². The smallest absolute Gasteiger partial charge is 0.420 e. The van der Waals surface area contributed by atoms with Gasteiger partial charge in [0.15, 0.2) is 23.3 Å². The number of rotatable bonds is 7. The number of nitrogens with zero attached hydrogens (tertiary/aromatic N) is 7. The number of anilines is 2. The molecule has 0 spiro atoms. The van der Waals surface area contributed by atoms with Crippen LogP contribution in [0, 0.1) is 23.3 Å². The second-order valence-corrected chi connectivity index (χ2v) is 20.8. The summed E-state index contributed by atoms with van der Waals surface area (Å²) in [4.78, 5) is 74.6. The Hall–Kier alpha value is -9.04. The number of benzene rings is 6. The number of ether oxygens (including phenoxy) is 2. The molecule has 4 heterocycles. The molecule has 8 aromatic rings. The van der Waals surface area contributed by atoms with E-state index in [0.29, 0.717) is 75.1 Å². The summed E-state index contributed by atoms with van der Waals surface area (Å²) in [7, 11) is 0. The fraction of sp³-hybridized carbons (Fsp3) is 0.241. The number of amides is 4. The van der Waals surface area contributed by atoms with Crippen LogP contribution in [-0.2, 0) is 48.7 Å². The molecule has 0 unspecified atom stereocenters.